The molecule has 1 aliphatic heterocycles. The Kier molecular flexibility index (Phi) is 2.45. The van der Waals surface area contributed by atoms with Crippen molar-refractivity contribution in [2.75, 3.05) is 6.54 Å². The normalized spacial score (nSPS) is 20.1. The molecular weight excluding hydrogens is 250 g/mol. The molecule has 1 spiro atoms. The fraction of sp³-hybridized carbons (Fsp3) is 0.438. The molecule has 1 saturated carbocycles. The van der Waals surface area contributed by atoms with E-state index in [0.717, 1.165) is 19.6 Å². The number of phenols is 1. The maximum atomic E-state index is 9.73. The van der Waals surface area contributed by atoms with E-state index >= 15 is 0 Å². The van der Waals surface area contributed by atoms with Gasteiger partial charge in [0.25, 0.3) is 0 Å². The molecule has 104 valence electrons. The summed E-state index contributed by atoms with van der Waals surface area (Å²) in [7, 11) is 0. The van der Waals surface area contributed by atoms with Crippen LogP contribution in [0.3, 0.4) is 0 Å². The molecule has 4 rings (SSSR count). The van der Waals surface area contributed by atoms with Gasteiger partial charge in [0.2, 0.25) is 0 Å². The lowest BCUT2D eigenvalue weighted by molar-refractivity contribution is 0.210. The molecule has 4 nitrogen and oxygen atoms in total. The molecule has 0 atom stereocenters. The largest absolute Gasteiger partial charge is 0.508 e. The highest BCUT2D eigenvalue weighted by Crippen LogP contribution is 2.53. The zero-order valence-electron chi connectivity index (χ0n) is 11.7. The lowest BCUT2D eigenvalue weighted by Crippen LogP contribution is -2.37. The van der Waals surface area contributed by atoms with Gasteiger partial charge in [-0.25, -0.2) is 0 Å². The van der Waals surface area contributed by atoms with E-state index in [-0.39, 0.29) is 0 Å². The lowest BCUT2D eigenvalue weighted by atomic mass is 9.86. The summed E-state index contributed by atoms with van der Waals surface area (Å²) in [6.45, 7) is 5.06. The van der Waals surface area contributed by atoms with Crippen LogP contribution >= 0.6 is 0 Å². The van der Waals surface area contributed by atoms with Crippen molar-refractivity contribution < 1.29 is 5.11 Å². The number of H-pyrrole nitrogens is 1. The van der Waals surface area contributed by atoms with Crippen LogP contribution in [0.5, 0.6) is 5.75 Å². The highest BCUT2D eigenvalue weighted by molar-refractivity contribution is 5.45. The molecular formula is C16H19N3O. The summed E-state index contributed by atoms with van der Waals surface area (Å²) in [5, 5.41) is 16.9. The second kappa shape index (κ2) is 4.09. The van der Waals surface area contributed by atoms with E-state index in [4.69, 9.17) is 0 Å². The summed E-state index contributed by atoms with van der Waals surface area (Å²) >= 11 is 0. The molecule has 2 heterocycles. The van der Waals surface area contributed by atoms with Crippen molar-refractivity contribution in [3.05, 3.63) is 46.8 Å². The molecule has 0 bridgehead atoms. The van der Waals surface area contributed by atoms with Crippen LogP contribution in [0.2, 0.25) is 0 Å². The highest BCUT2D eigenvalue weighted by Gasteiger charge is 2.49. The monoisotopic (exact) mass is 269 g/mol. The van der Waals surface area contributed by atoms with Crippen molar-refractivity contribution in [3.8, 4) is 5.75 Å². The van der Waals surface area contributed by atoms with Gasteiger partial charge >= 0.3 is 0 Å². The van der Waals surface area contributed by atoms with Crippen molar-refractivity contribution in [1.29, 1.82) is 0 Å². The zero-order valence-corrected chi connectivity index (χ0v) is 11.7. The topological polar surface area (TPSA) is 52.2 Å². The Morgan fingerprint density at radius 3 is 2.95 bits per heavy atom. The van der Waals surface area contributed by atoms with Gasteiger partial charge in [-0.05, 0) is 48.6 Å². The predicted molar refractivity (Wildman–Crippen MR) is 76.5 cm³/mol. The Balaban J connectivity index is 1.64. The number of benzene rings is 1. The van der Waals surface area contributed by atoms with Gasteiger partial charge < -0.3 is 5.11 Å². The van der Waals surface area contributed by atoms with Gasteiger partial charge in [0.1, 0.15) is 5.75 Å². The maximum absolute atomic E-state index is 9.73. The maximum Gasteiger partial charge on any atom is 0.115 e. The van der Waals surface area contributed by atoms with Crippen LogP contribution in [0.1, 0.15) is 35.2 Å². The fourth-order valence-electron chi connectivity index (χ4n) is 3.45. The molecule has 0 saturated heterocycles. The van der Waals surface area contributed by atoms with E-state index in [1.807, 2.05) is 12.3 Å². The number of hydrogen-bond donors (Lipinski definition) is 2. The van der Waals surface area contributed by atoms with Crippen molar-refractivity contribution in [2.45, 2.75) is 38.3 Å². The van der Waals surface area contributed by atoms with E-state index in [1.54, 1.807) is 6.07 Å². The first-order valence-corrected chi connectivity index (χ1v) is 7.20. The number of hydrogen-bond acceptors (Lipinski definition) is 3. The van der Waals surface area contributed by atoms with Crippen LogP contribution in [0, 0.1) is 6.92 Å². The van der Waals surface area contributed by atoms with Gasteiger partial charge in [0.05, 0.1) is 11.9 Å². The van der Waals surface area contributed by atoms with E-state index < -0.39 is 0 Å². The summed E-state index contributed by atoms with van der Waals surface area (Å²) in [6, 6.07) is 5.86. The lowest BCUT2D eigenvalue weighted by Gasteiger charge is -2.35. The van der Waals surface area contributed by atoms with Crippen LogP contribution < -0.4 is 0 Å². The standard InChI is InChI=1S/C16H19N3O/c1-11-7-17-18-15(11)9-19-8-12-2-3-13(20)6-14(12)16(10-19)4-5-16/h2-3,6-7,20H,4-5,8-10H2,1H3,(H,17,18). The average Bonchev–Trinajstić information content (AvgIpc) is 3.08. The molecule has 0 unspecified atom stereocenters. The van der Waals surface area contributed by atoms with E-state index in [9.17, 15) is 5.11 Å². The quantitative estimate of drug-likeness (QED) is 0.880. The molecule has 20 heavy (non-hydrogen) atoms. The molecule has 2 aromatic rings. The fourth-order valence-corrected chi connectivity index (χ4v) is 3.45. The van der Waals surface area contributed by atoms with Gasteiger partial charge in [-0.3, -0.25) is 10.00 Å². The second-order valence-corrected chi connectivity index (χ2v) is 6.30. The van der Waals surface area contributed by atoms with Gasteiger partial charge in [-0.15, -0.1) is 0 Å². The van der Waals surface area contributed by atoms with Crippen molar-refractivity contribution in [2.24, 2.45) is 0 Å². The summed E-state index contributed by atoms with van der Waals surface area (Å²) in [5.74, 6) is 0.396. The van der Waals surface area contributed by atoms with Crippen molar-refractivity contribution in [3.63, 3.8) is 0 Å². The van der Waals surface area contributed by atoms with Crippen LogP contribution in [0.25, 0.3) is 0 Å². The van der Waals surface area contributed by atoms with Crippen molar-refractivity contribution >= 4 is 0 Å². The minimum atomic E-state index is 0.292. The van der Waals surface area contributed by atoms with Gasteiger partial charge in [-0.1, -0.05) is 6.07 Å². The number of aromatic nitrogens is 2. The molecule has 4 heteroatoms. The Morgan fingerprint density at radius 1 is 1.40 bits per heavy atom. The number of aromatic hydroxyl groups is 1. The Morgan fingerprint density at radius 2 is 2.25 bits per heavy atom. The molecule has 1 aromatic carbocycles. The molecule has 0 radical (unpaired) electrons. The first kappa shape index (κ1) is 12.0. The minimum absolute atomic E-state index is 0.292. The molecule has 1 aliphatic carbocycles. The van der Waals surface area contributed by atoms with Gasteiger partial charge in [0.15, 0.2) is 0 Å². The Bertz CT molecular complexity index is 657. The van der Waals surface area contributed by atoms with Gasteiger partial charge in [0, 0.05) is 25.0 Å². The second-order valence-electron chi connectivity index (χ2n) is 6.30. The summed E-state index contributed by atoms with van der Waals surface area (Å²) in [6.07, 6.45) is 4.36. The van der Waals surface area contributed by atoms with Crippen LogP contribution in [-0.4, -0.2) is 26.7 Å². The highest BCUT2D eigenvalue weighted by atomic mass is 16.3. The number of aromatic amines is 1. The number of nitrogens with zero attached hydrogens (tertiary/aromatic N) is 2. The summed E-state index contributed by atoms with van der Waals surface area (Å²) in [4.78, 5) is 2.49. The predicted octanol–water partition coefficient (Wildman–Crippen LogP) is 2.47. The number of aryl methyl sites for hydroxylation is 1. The van der Waals surface area contributed by atoms with E-state index in [2.05, 4.69) is 28.1 Å². The molecule has 1 fully saturated rings. The number of nitrogens with one attached hydrogen (secondary N) is 1. The van der Waals surface area contributed by atoms with Crippen LogP contribution in [0.15, 0.2) is 24.4 Å². The van der Waals surface area contributed by atoms with E-state index in [1.165, 1.54) is 35.2 Å². The molecule has 2 aliphatic rings. The number of rotatable bonds is 2. The average molecular weight is 269 g/mol. The number of phenolic OH excluding ortho intramolecular Hbond substituents is 1. The molecule has 1 aromatic heterocycles. The Labute approximate surface area is 118 Å². The van der Waals surface area contributed by atoms with E-state index in [0.29, 0.717) is 11.2 Å². The van der Waals surface area contributed by atoms with Crippen LogP contribution in [0.4, 0.5) is 0 Å². The van der Waals surface area contributed by atoms with Crippen LogP contribution in [-0.2, 0) is 18.5 Å². The zero-order chi connectivity index (χ0) is 13.7. The SMILES string of the molecule is Cc1cn[nH]c1CN1Cc2ccc(O)cc2C2(CC2)C1. The minimum Gasteiger partial charge on any atom is -0.508 e. The van der Waals surface area contributed by atoms with Gasteiger partial charge in [-0.2, -0.15) is 5.10 Å². The molecule has 0 amide bonds. The van der Waals surface area contributed by atoms with Crippen molar-refractivity contribution in [1.82, 2.24) is 15.1 Å². The first-order valence-electron chi connectivity index (χ1n) is 7.20. The smallest absolute Gasteiger partial charge is 0.115 e. The Hall–Kier alpha value is -1.81. The number of fused-ring (bicyclic) bond motifs is 2. The third kappa shape index (κ3) is 1.83. The first-order chi connectivity index (χ1) is 9.66. The third-order valence-electron chi connectivity index (χ3n) is 4.75. The summed E-state index contributed by atoms with van der Waals surface area (Å²) in [5.41, 5.74) is 5.47. The summed E-state index contributed by atoms with van der Waals surface area (Å²) < 4.78 is 0. The molecule has 2 N–H and O–H groups in total. The third-order valence-corrected chi connectivity index (χ3v) is 4.75.